The number of nitrogens with zero attached hydrogens (tertiary/aromatic N) is 3. The van der Waals surface area contributed by atoms with Crippen LogP contribution in [0.1, 0.15) is 21.7 Å². The maximum atomic E-state index is 13.0. The molecule has 0 aliphatic carbocycles. The molecule has 0 aliphatic heterocycles. The predicted molar refractivity (Wildman–Crippen MR) is 109 cm³/mol. The summed E-state index contributed by atoms with van der Waals surface area (Å²) >= 11 is 18.6. The summed E-state index contributed by atoms with van der Waals surface area (Å²) in [5.41, 5.74) is 4.18. The van der Waals surface area contributed by atoms with Crippen LogP contribution in [0.15, 0.2) is 40.9 Å². The van der Waals surface area contributed by atoms with E-state index in [0.29, 0.717) is 27.1 Å². The van der Waals surface area contributed by atoms with Crippen LogP contribution in [-0.2, 0) is 0 Å². The number of halogens is 3. The first-order chi connectivity index (χ1) is 13.3. The minimum Gasteiger partial charge on any atom is -0.360 e. The zero-order valence-corrected chi connectivity index (χ0v) is 17.0. The van der Waals surface area contributed by atoms with Crippen LogP contribution >= 0.6 is 34.8 Å². The molecule has 28 heavy (non-hydrogen) atoms. The Kier molecular flexibility index (Phi) is 5.80. The fraction of sp³-hybridized carbons (Fsp3) is 0.105. The largest absolute Gasteiger partial charge is 0.360 e. The van der Waals surface area contributed by atoms with E-state index in [2.05, 4.69) is 10.6 Å². The minimum absolute atomic E-state index is 0.183. The maximum Gasteiger partial charge on any atom is 0.275 e. The molecule has 0 aliphatic rings. The SMILES string of the molecule is Cc1onc(-c2c(Cl)cccc2Cl)c1C(=O)NN(C)c1cccc(Cl)c1C#N. The summed E-state index contributed by atoms with van der Waals surface area (Å²) in [5, 5.41) is 15.7. The van der Waals surface area contributed by atoms with Crippen LogP contribution in [0.25, 0.3) is 11.3 Å². The van der Waals surface area contributed by atoms with Gasteiger partial charge in [0, 0.05) is 12.6 Å². The Morgan fingerprint density at radius 2 is 1.75 bits per heavy atom. The van der Waals surface area contributed by atoms with Gasteiger partial charge in [-0.05, 0) is 31.2 Å². The van der Waals surface area contributed by atoms with Gasteiger partial charge in [0.1, 0.15) is 23.1 Å². The molecule has 0 unspecified atom stereocenters. The molecule has 1 amide bonds. The second-order valence-corrected chi connectivity index (χ2v) is 7.03. The molecule has 3 rings (SSSR count). The lowest BCUT2D eigenvalue weighted by atomic mass is 10.1. The van der Waals surface area contributed by atoms with E-state index >= 15 is 0 Å². The molecule has 0 fully saturated rings. The molecule has 0 radical (unpaired) electrons. The van der Waals surface area contributed by atoms with Crippen LogP contribution in [0.2, 0.25) is 15.1 Å². The molecule has 2 aromatic carbocycles. The zero-order valence-electron chi connectivity index (χ0n) is 14.8. The lowest BCUT2D eigenvalue weighted by Gasteiger charge is -2.21. The molecular formula is C19H13Cl3N4O2. The number of anilines is 1. The average Bonchev–Trinajstić information content (AvgIpc) is 3.02. The van der Waals surface area contributed by atoms with Gasteiger partial charge >= 0.3 is 0 Å². The average molecular weight is 436 g/mol. The topological polar surface area (TPSA) is 82.2 Å². The number of amides is 1. The Hall–Kier alpha value is -2.72. The van der Waals surface area contributed by atoms with Crippen molar-refractivity contribution in [2.24, 2.45) is 0 Å². The lowest BCUT2D eigenvalue weighted by Crippen LogP contribution is -2.40. The van der Waals surface area contributed by atoms with Gasteiger partial charge in [0.05, 0.1) is 26.3 Å². The van der Waals surface area contributed by atoms with Crippen molar-refractivity contribution in [3.8, 4) is 17.3 Å². The van der Waals surface area contributed by atoms with Crippen LogP contribution < -0.4 is 10.4 Å². The molecule has 142 valence electrons. The van der Waals surface area contributed by atoms with E-state index in [1.54, 1.807) is 50.4 Å². The second-order valence-electron chi connectivity index (χ2n) is 5.80. The summed E-state index contributed by atoms with van der Waals surface area (Å²) < 4.78 is 5.21. The highest BCUT2D eigenvalue weighted by Gasteiger charge is 2.26. The van der Waals surface area contributed by atoms with Gasteiger partial charge < -0.3 is 4.52 Å². The van der Waals surface area contributed by atoms with Gasteiger partial charge in [-0.3, -0.25) is 15.2 Å². The van der Waals surface area contributed by atoms with Crippen molar-refractivity contribution >= 4 is 46.4 Å². The van der Waals surface area contributed by atoms with Crippen molar-refractivity contribution < 1.29 is 9.32 Å². The maximum absolute atomic E-state index is 13.0. The van der Waals surface area contributed by atoms with Gasteiger partial charge in [0.2, 0.25) is 0 Å². The standard InChI is InChI=1S/C19H13Cl3N4O2/c1-10-16(18(25-28-10)17-13(21)6-3-7-14(17)22)19(27)24-26(2)15-8-4-5-12(20)11(15)9-23/h3-8H,1-2H3,(H,24,27). The number of hydrazine groups is 1. The van der Waals surface area contributed by atoms with Crippen LogP contribution in [0.5, 0.6) is 0 Å². The Balaban J connectivity index is 1.98. The molecule has 6 nitrogen and oxygen atoms in total. The molecule has 1 heterocycles. The smallest absolute Gasteiger partial charge is 0.275 e. The lowest BCUT2D eigenvalue weighted by molar-refractivity contribution is 0.0950. The third-order valence-electron chi connectivity index (χ3n) is 4.02. The highest BCUT2D eigenvalue weighted by molar-refractivity contribution is 6.39. The van der Waals surface area contributed by atoms with Crippen molar-refractivity contribution in [1.29, 1.82) is 5.26 Å². The summed E-state index contributed by atoms with van der Waals surface area (Å²) in [5.74, 6) is -0.209. The van der Waals surface area contributed by atoms with Crippen molar-refractivity contribution in [2.75, 3.05) is 12.1 Å². The van der Waals surface area contributed by atoms with E-state index in [4.69, 9.17) is 39.3 Å². The Morgan fingerprint density at radius 1 is 1.14 bits per heavy atom. The predicted octanol–water partition coefficient (Wildman–Crippen LogP) is 5.26. The fourth-order valence-corrected chi connectivity index (χ4v) is 3.49. The molecule has 0 atom stereocenters. The van der Waals surface area contributed by atoms with Gasteiger partial charge in [0.15, 0.2) is 0 Å². The number of hydrogen-bond donors (Lipinski definition) is 1. The highest BCUT2D eigenvalue weighted by atomic mass is 35.5. The number of aryl methyl sites for hydroxylation is 1. The van der Waals surface area contributed by atoms with E-state index in [-0.39, 0.29) is 21.8 Å². The van der Waals surface area contributed by atoms with Crippen molar-refractivity contribution in [2.45, 2.75) is 6.92 Å². The van der Waals surface area contributed by atoms with E-state index in [9.17, 15) is 10.1 Å². The number of nitrogens with one attached hydrogen (secondary N) is 1. The van der Waals surface area contributed by atoms with E-state index in [1.165, 1.54) is 5.01 Å². The minimum atomic E-state index is -0.504. The van der Waals surface area contributed by atoms with E-state index < -0.39 is 5.91 Å². The molecule has 1 aromatic heterocycles. The van der Waals surface area contributed by atoms with Gasteiger partial charge in [0.25, 0.3) is 5.91 Å². The summed E-state index contributed by atoms with van der Waals surface area (Å²) in [6.07, 6.45) is 0. The molecule has 1 N–H and O–H groups in total. The first-order valence-corrected chi connectivity index (χ1v) is 9.12. The van der Waals surface area contributed by atoms with E-state index in [1.807, 2.05) is 6.07 Å². The van der Waals surface area contributed by atoms with Crippen LogP contribution in [0.4, 0.5) is 5.69 Å². The van der Waals surface area contributed by atoms with Gasteiger partial charge in [-0.1, -0.05) is 52.1 Å². The molecule has 3 aromatic rings. The summed E-state index contributed by atoms with van der Waals surface area (Å²) in [4.78, 5) is 13.0. The molecule has 0 spiro atoms. The number of carbonyl (C=O) groups is 1. The molecule has 0 saturated carbocycles. The molecule has 0 bridgehead atoms. The summed E-state index contributed by atoms with van der Waals surface area (Å²) in [7, 11) is 1.59. The monoisotopic (exact) mass is 434 g/mol. The van der Waals surface area contributed by atoms with Gasteiger partial charge in [-0.15, -0.1) is 0 Å². The van der Waals surface area contributed by atoms with Crippen LogP contribution in [-0.4, -0.2) is 18.1 Å². The fourth-order valence-electron chi connectivity index (χ4n) is 2.71. The Labute approximate surface area is 176 Å². The number of aromatic nitrogens is 1. The van der Waals surface area contributed by atoms with Gasteiger partial charge in [-0.2, -0.15) is 5.26 Å². The first-order valence-electron chi connectivity index (χ1n) is 7.99. The van der Waals surface area contributed by atoms with Crippen LogP contribution in [0.3, 0.4) is 0 Å². The number of hydrogen-bond acceptors (Lipinski definition) is 5. The third kappa shape index (κ3) is 3.65. The van der Waals surface area contributed by atoms with Crippen molar-refractivity contribution in [3.63, 3.8) is 0 Å². The van der Waals surface area contributed by atoms with E-state index in [0.717, 1.165) is 0 Å². The first kappa shape index (κ1) is 20.0. The Morgan fingerprint density at radius 3 is 2.39 bits per heavy atom. The van der Waals surface area contributed by atoms with Crippen molar-refractivity contribution in [3.05, 3.63) is 68.4 Å². The number of carbonyl (C=O) groups excluding carboxylic acids is 1. The number of benzene rings is 2. The highest BCUT2D eigenvalue weighted by Crippen LogP contribution is 2.36. The third-order valence-corrected chi connectivity index (χ3v) is 4.97. The number of rotatable bonds is 4. The summed E-state index contributed by atoms with van der Waals surface area (Å²) in [6.45, 7) is 1.61. The summed E-state index contributed by atoms with van der Waals surface area (Å²) in [6, 6.07) is 11.9. The Bertz CT molecular complexity index is 1080. The van der Waals surface area contributed by atoms with Gasteiger partial charge in [-0.25, -0.2) is 0 Å². The molecular weight excluding hydrogens is 423 g/mol. The second kappa shape index (κ2) is 8.11. The quantitative estimate of drug-likeness (QED) is 0.565. The normalized spacial score (nSPS) is 10.4. The molecule has 9 heteroatoms. The molecule has 0 saturated heterocycles. The number of nitriles is 1. The van der Waals surface area contributed by atoms with Crippen LogP contribution in [0, 0.1) is 18.3 Å². The van der Waals surface area contributed by atoms with Crippen molar-refractivity contribution in [1.82, 2.24) is 10.6 Å². The zero-order chi connectivity index (χ0) is 20.4.